The first-order valence-corrected chi connectivity index (χ1v) is 10.8. The number of carbonyl (C=O) groups excluding carboxylic acids is 2. The number of thiophene rings is 1. The van der Waals surface area contributed by atoms with Crippen LogP contribution in [0.2, 0.25) is 0 Å². The summed E-state index contributed by atoms with van der Waals surface area (Å²) in [5.41, 5.74) is 2.33. The van der Waals surface area contributed by atoms with Gasteiger partial charge in [0.1, 0.15) is 23.4 Å². The average molecular weight is 444 g/mol. The lowest BCUT2D eigenvalue weighted by molar-refractivity contribution is -0.116. The van der Waals surface area contributed by atoms with E-state index < -0.39 is 6.09 Å². The fourth-order valence-electron chi connectivity index (χ4n) is 3.51. The van der Waals surface area contributed by atoms with E-state index in [1.54, 1.807) is 7.11 Å². The lowest BCUT2D eigenvalue weighted by Crippen LogP contribution is -2.36. The van der Waals surface area contributed by atoms with Crippen LogP contribution >= 0.6 is 11.3 Å². The molecule has 31 heavy (non-hydrogen) atoms. The number of hydrogen-bond acceptors (Lipinski definition) is 7. The topological polar surface area (TPSA) is 112 Å². The Hall–Kier alpha value is -3.09. The zero-order chi connectivity index (χ0) is 22.4. The molecule has 0 radical (unpaired) electrons. The van der Waals surface area contributed by atoms with Crippen LogP contribution in [-0.2, 0) is 22.5 Å². The van der Waals surface area contributed by atoms with Gasteiger partial charge in [0, 0.05) is 17.8 Å². The molecule has 2 heterocycles. The van der Waals surface area contributed by atoms with Crippen molar-refractivity contribution >= 4 is 28.3 Å². The Bertz CT molecular complexity index is 998. The molecule has 2 amide bonds. The van der Waals surface area contributed by atoms with Crippen LogP contribution in [0.25, 0.3) is 0 Å². The highest BCUT2D eigenvalue weighted by molar-refractivity contribution is 7.16. The Morgan fingerprint density at radius 3 is 2.94 bits per heavy atom. The minimum Gasteiger partial charge on any atom is -0.497 e. The van der Waals surface area contributed by atoms with Crippen molar-refractivity contribution in [3.63, 3.8) is 0 Å². The first-order chi connectivity index (χ1) is 15.0. The zero-order valence-corrected chi connectivity index (χ0v) is 18.3. The third-order valence-corrected chi connectivity index (χ3v) is 6.28. The minimum absolute atomic E-state index is 0.0213. The molecule has 2 aromatic rings. The number of nitrogens with zero attached hydrogens (tertiary/aromatic N) is 2. The number of aliphatic hydroxyl groups is 1. The standard InChI is InChI=1S/C22H25N3O5S/c1-14(15-4-3-5-16(11-15)29-2)10-20(27)24-21-18(12-23)17-6-7-25(13-19(17)31-21)22(28)30-9-8-26/h3-5,11,14,26H,6-10,13H2,1-2H3,(H,24,27)/t14-/m0/s1. The van der Waals surface area contributed by atoms with Crippen LogP contribution in [0.1, 0.15) is 40.8 Å². The van der Waals surface area contributed by atoms with Crippen molar-refractivity contribution in [3.05, 3.63) is 45.8 Å². The number of methoxy groups -OCH3 is 1. The number of fused-ring (bicyclic) bond motifs is 1. The van der Waals surface area contributed by atoms with Crippen LogP contribution in [0.5, 0.6) is 5.75 Å². The molecule has 164 valence electrons. The maximum absolute atomic E-state index is 12.7. The Balaban J connectivity index is 1.68. The van der Waals surface area contributed by atoms with Gasteiger partial charge in [-0.25, -0.2) is 4.79 Å². The number of anilines is 1. The van der Waals surface area contributed by atoms with Gasteiger partial charge in [0.05, 0.1) is 25.8 Å². The lowest BCUT2D eigenvalue weighted by Gasteiger charge is -2.26. The van der Waals surface area contributed by atoms with Crippen LogP contribution in [0, 0.1) is 11.3 Å². The molecule has 1 aliphatic rings. The van der Waals surface area contributed by atoms with Crippen LogP contribution in [0.3, 0.4) is 0 Å². The van der Waals surface area contributed by atoms with Crippen LogP contribution in [0.15, 0.2) is 24.3 Å². The van der Waals surface area contributed by atoms with E-state index in [-0.39, 0.29) is 31.5 Å². The lowest BCUT2D eigenvalue weighted by atomic mass is 9.97. The number of benzene rings is 1. The van der Waals surface area contributed by atoms with Crippen LogP contribution in [0.4, 0.5) is 9.80 Å². The number of nitrogens with one attached hydrogen (secondary N) is 1. The summed E-state index contributed by atoms with van der Waals surface area (Å²) >= 11 is 1.32. The molecule has 1 aromatic heterocycles. The fraction of sp³-hybridized carbons (Fsp3) is 0.409. The Labute approximate surface area is 185 Å². The SMILES string of the molecule is COc1cccc([C@@H](C)CC(=O)Nc2sc3c(c2C#N)CCN(C(=O)OCCO)C3)c1. The van der Waals surface area contributed by atoms with Crippen molar-refractivity contribution in [1.82, 2.24) is 4.90 Å². The van der Waals surface area contributed by atoms with E-state index >= 15 is 0 Å². The van der Waals surface area contributed by atoms with Crippen LogP contribution < -0.4 is 10.1 Å². The fourth-order valence-corrected chi connectivity index (χ4v) is 4.74. The molecule has 1 atom stereocenters. The van der Waals surface area contributed by atoms with E-state index in [9.17, 15) is 14.9 Å². The van der Waals surface area contributed by atoms with E-state index in [4.69, 9.17) is 14.6 Å². The summed E-state index contributed by atoms with van der Waals surface area (Å²) in [7, 11) is 1.60. The predicted octanol–water partition coefficient (Wildman–Crippen LogP) is 3.25. The molecule has 3 rings (SSSR count). The molecule has 0 unspecified atom stereocenters. The number of ether oxygens (including phenoxy) is 2. The summed E-state index contributed by atoms with van der Waals surface area (Å²) in [5, 5.41) is 21.9. The molecule has 0 spiro atoms. The number of aliphatic hydroxyl groups excluding tert-OH is 1. The second-order valence-corrected chi connectivity index (χ2v) is 8.36. The zero-order valence-electron chi connectivity index (χ0n) is 17.5. The summed E-state index contributed by atoms with van der Waals surface area (Å²) in [5.74, 6) is 0.543. The van der Waals surface area contributed by atoms with E-state index in [0.717, 1.165) is 21.8 Å². The Kier molecular flexibility index (Phi) is 7.50. The molecular weight excluding hydrogens is 418 g/mol. The summed E-state index contributed by atoms with van der Waals surface area (Å²) < 4.78 is 10.2. The van der Waals surface area contributed by atoms with Crippen molar-refractivity contribution in [3.8, 4) is 11.8 Å². The van der Waals surface area contributed by atoms with Gasteiger partial charge in [0.15, 0.2) is 0 Å². The molecule has 2 N–H and O–H groups in total. The Morgan fingerprint density at radius 2 is 2.23 bits per heavy atom. The average Bonchev–Trinajstić information content (AvgIpc) is 3.13. The van der Waals surface area contributed by atoms with Gasteiger partial charge in [-0.2, -0.15) is 5.26 Å². The second-order valence-electron chi connectivity index (χ2n) is 7.26. The Morgan fingerprint density at radius 1 is 1.42 bits per heavy atom. The molecule has 9 heteroatoms. The molecule has 8 nitrogen and oxygen atoms in total. The summed E-state index contributed by atoms with van der Waals surface area (Å²) in [6, 6.07) is 9.81. The minimum atomic E-state index is -0.496. The van der Waals surface area contributed by atoms with Gasteiger partial charge in [0.25, 0.3) is 0 Å². The van der Waals surface area contributed by atoms with Crippen molar-refractivity contribution in [2.75, 3.05) is 32.2 Å². The van der Waals surface area contributed by atoms with Crippen molar-refractivity contribution in [1.29, 1.82) is 5.26 Å². The quantitative estimate of drug-likeness (QED) is 0.679. The van der Waals surface area contributed by atoms with Gasteiger partial charge >= 0.3 is 6.09 Å². The smallest absolute Gasteiger partial charge is 0.410 e. The first kappa shape index (κ1) is 22.6. The van der Waals surface area contributed by atoms with Gasteiger partial charge in [0.2, 0.25) is 5.91 Å². The largest absolute Gasteiger partial charge is 0.497 e. The van der Waals surface area contributed by atoms with E-state index in [2.05, 4.69) is 11.4 Å². The molecule has 0 fully saturated rings. The van der Waals surface area contributed by atoms with Gasteiger partial charge < -0.3 is 24.8 Å². The third-order valence-electron chi connectivity index (χ3n) is 5.15. The van der Waals surface area contributed by atoms with Gasteiger partial charge in [-0.3, -0.25) is 4.79 Å². The van der Waals surface area contributed by atoms with Crippen molar-refractivity contribution < 1.29 is 24.2 Å². The highest BCUT2D eigenvalue weighted by Crippen LogP contribution is 2.37. The number of rotatable bonds is 7. The molecule has 0 saturated heterocycles. The molecule has 1 aliphatic heterocycles. The summed E-state index contributed by atoms with van der Waals surface area (Å²) in [4.78, 5) is 27.1. The molecule has 0 bridgehead atoms. The molecule has 0 saturated carbocycles. The summed E-state index contributed by atoms with van der Waals surface area (Å²) in [6.45, 7) is 2.42. The predicted molar refractivity (Wildman–Crippen MR) is 116 cm³/mol. The number of nitriles is 1. The van der Waals surface area contributed by atoms with E-state index in [1.807, 2.05) is 31.2 Å². The maximum atomic E-state index is 12.7. The summed E-state index contributed by atoms with van der Waals surface area (Å²) in [6.07, 6.45) is 0.281. The number of hydrogen-bond donors (Lipinski definition) is 2. The maximum Gasteiger partial charge on any atom is 0.410 e. The van der Waals surface area contributed by atoms with E-state index in [0.29, 0.717) is 30.1 Å². The van der Waals surface area contributed by atoms with Crippen molar-refractivity contribution in [2.45, 2.75) is 32.2 Å². The normalized spacial score (nSPS) is 13.7. The third kappa shape index (κ3) is 5.34. The molecular formula is C22H25N3O5S. The number of carbonyl (C=O) groups is 2. The van der Waals surface area contributed by atoms with Gasteiger partial charge in [-0.05, 0) is 35.6 Å². The second kappa shape index (κ2) is 10.3. The van der Waals surface area contributed by atoms with Crippen molar-refractivity contribution in [2.24, 2.45) is 0 Å². The first-order valence-electron chi connectivity index (χ1n) is 9.97. The number of amides is 2. The highest BCUT2D eigenvalue weighted by atomic mass is 32.1. The van der Waals surface area contributed by atoms with Gasteiger partial charge in [-0.1, -0.05) is 19.1 Å². The van der Waals surface area contributed by atoms with Crippen LogP contribution in [-0.4, -0.2) is 48.9 Å². The van der Waals surface area contributed by atoms with Gasteiger partial charge in [-0.15, -0.1) is 11.3 Å². The molecule has 0 aliphatic carbocycles. The molecule has 1 aromatic carbocycles. The monoisotopic (exact) mass is 443 g/mol. The van der Waals surface area contributed by atoms with E-state index in [1.165, 1.54) is 16.2 Å². The highest BCUT2D eigenvalue weighted by Gasteiger charge is 2.28.